The van der Waals surface area contributed by atoms with E-state index in [1.54, 1.807) is 24.3 Å². The van der Waals surface area contributed by atoms with E-state index in [4.69, 9.17) is 11.6 Å². The highest BCUT2D eigenvalue weighted by atomic mass is 35.5. The first-order chi connectivity index (χ1) is 12.7. The fraction of sp³-hybridized carbons (Fsp3) is 0.211. The summed E-state index contributed by atoms with van der Waals surface area (Å²) in [5, 5.41) is 19.7. The van der Waals surface area contributed by atoms with Crippen LogP contribution in [0.15, 0.2) is 36.4 Å². The molecule has 0 heterocycles. The molecule has 0 radical (unpaired) electrons. The first-order valence-corrected chi connectivity index (χ1v) is 8.44. The van der Waals surface area contributed by atoms with Crippen molar-refractivity contribution >= 4 is 29.2 Å². The minimum Gasteiger partial charge on any atom is -0.508 e. The van der Waals surface area contributed by atoms with Crippen LogP contribution < -0.4 is 10.9 Å². The summed E-state index contributed by atoms with van der Waals surface area (Å²) < 4.78 is 0. The molecule has 142 valence electrons. The summed E-state index contributed by atoms with van der Waals surface area (Å²) in [6, 6.07) is 8.87. The number of carbonyl (C=O) groups is 3. The van der Waals surface area contributed by atoms with E-state index < -0.39 is 23.5 Å². The molecule has 0 saturated heterocycles. The number of phenols is 2. The maximum absolute atomic E-state index is 12.5. The third-order valence-electron chi connectivity index (χ3n) is 3.88. The second-order valence-corrected chi connectivity index (χ2v) is 6.55. The predicted molar refractivity (Wildman–Crippen MR) is 99.6 cm³/mol. The van der Waals surface area contributed by atoms with E-state index in [1.807, 2.05) is 0 Å². The fourth-order valence-corrected chi connectivity index (χ4v) is 2.88. The van der Waals surface area contributed by atoms with Crippen LogP contribution in [0.4, 0.5) is 0 Å². The lowest BCUT2D eigenvalue weighted by Gasteiger charge is -2.17. The van der Waals surface area contributed by atoms with Crippen molar-refractivity contribution in [2.45, 2.75) is 26.2 Å². The molecule has 0 aliphatic rings. The smallest absolute Gasteiger partial charge is 0.273 e. The maximum Gasteiger partial charge on any atom is 0.273 e. The van der Waals surface area contributed by atoms with Gasteiger partial charge < -0.3 is 10.2 Å². The molecule has 1 unspecified atom stereocenters. The monoisotopic (exact) mass is 390 g/mol. The molecule has 0 aromatic heterocycles. The zero-order valence-electron chi connectivity index (χ0n) is 14.7. The molecule has 8 heteroatoms. The lowest BCUT2D eigenvalue weighted by molar-refractivity contribution is -0.126. The molecule has 2 aromatic carbocycles. The number of aromatic hydroxyl groups is 2. The van der Waals surface area contributed by atoms with E-state index in [1.165, 1.54) is 19.9 Å². The van der Waals surface area contributed by atoms with Crippen LogP contribution in [-0.2, 0) is 9.59 Å². The highest BCUT2D eigenvalue weighted by Gasteiger charge is 2.24. The van der Waals surface area contributed by atoms with Gasteiger partial charge in [-0.15, -0.1) is 0 Å². The number of hydrogen-bond acceptors (Lipinski definition) is 5. The van der Waals surface area contributed by atoms with E-state index >= 15 is 0 Å². The summed E-state index contributed by atoms with van der Waals surface area (Å²) in [5.74, 6) is -3.00. The molecular formula is C19H19ClN2O5. The molecule has 0 aliphatic heterocycles. The highest BCUT2D eigenvalue weighted by Crippen LogP contribution is 2.27. The number of carbonyl (C=O) groups excluding carboxylic acids is 3. The molecule has 2 rings (SSSR count). The van der Waals surface area contributed by atoms with Gasteiger partial charge in [-0.25, -0.2) is 0 Å². The number of aryl methyl sites for hydroxylation is 1. The van der Waals surface area contributed by atoms with E-state index in [-0.39, 0.29) is 23.5 Å². The van der Waals surface area contributed by atoms with E-state index in [0.717, 1.165) is 6.07 Å². The summed E-state index contributed by atoms with van der Waals surface area (Å²) >= 11 is 5.95. The van der Waals surface area contributed by atoms with Crippen molar-refractivity contribution in [2.75, 3.05) is 0 Å². The van der Waals surface area contributed by atoms with E-state index in [9.17, 15) is 24.6 Å². The van der Waals surface area contributed by atoms with Gasteiger partial charge in [0, 0.05) is 17.5 Å². The van der Waals surface area contributed by atoms with Crippen molar-refractivity contribution in [3.05, 3.63) is 58.1 Å². The van der Waals surface area contributed by atoms with Gasteiger partial charge in [-0.1, -0.05) is 23.7 Å². The number of halogens is 1. The van der Waals surface area contributed by atoms with Gasteiger partial charge in [0.2, 0.25) is 5.91 Å². The van der Waals surface area contributed by atoms with Crippen LogP contribution in [0.1, 0.15) is 40.7 Å². The van der Waals surface area contributed by atoms with Crippen LogP contribution in [0.5, 0.6) is 11.5 Å². The molecule has 4 N–H and O–H groups in total. The predicted octanol–water partition coefficient (Wildman–Crippen LogP) is 2.58. The minimum atomic E-state index is -0.837. The lowest BCUT2D eigenvalue weighted by atomic mass is 9.93. The third kappa shape index (κ3) is 5.21. The van der Waals surface area contributed by atoms with Crippen LogP contribution in [0.2, 0.25) is 5.02 Å². The van der Waals surface area contributed by atoms with Crippen LogP contribution in [-0.4, -0.2) is 27.8 Å². The zero-order chi connectivity index (χ0) is 20.1. The SMILES string of the molecule is CC(=O)CC(C(=O)NNC(=O)c1c(C)cc(O)cc1O)c1cccc(Cl)c1. The number of benzene rings is 2. The molecule has 0 aliphatic carbocycles. The Balaban J connectivity index is 2.16. The van der Waals surface area contributed by atoms with Crippen molar-refractivity contribution < 1.29 is 24.6 Å². The van der Waals surface area contributed by atoms with Crippen molar-refractivity contribution in [1.82, 2.24) is 10.9 Å². The maximum atomic E-state index is 12.5. The van der Waals surface area contributed by atoms with Gasteiger partial charge in [0.25, 0.3) is 5.91 Å². The van der Waals surface area contributed by atoms with Crippen molar-refractivity contribution in [1.29, 1.82) is 0 Å². The number of rotatable bonds is 5. The number of nitrogens with one attached hydrogen (secondary N) is 2. The molecule has 1 atom stereocenters. The van der Waals surface area contributed by atoms with Gasteiger partial charge >= 0.3 is 0 Å². The summed E-state index contributed by atoms with van der Waals surface area (Å²) in [4.78, 5) is 36.3. The van der Waals surface area contributed by atoms with Gasteiger partial charge in [-0.3, -0.25) is 25.2 Å². The number of amides is 2. The molecule has 7 nitrogen and oxygen atoms in total. The zero-order valence-corrected chi connectivity index (χ0v) is 15.5. The van der Waals surface area contributed by atoms with Gasteiger partial charge in [0.15, 0.2) is 0 Å². The highest BCUT2D eigenvalue weighted by molar-refractivity contribution is 6.30. The van der Waals surface area contributed by atoms with Crippen LogP contribution >= 0.6 is 11.6 Å². The Bertz CT molecular complexity index is 874. The quantitative estimate of drug-likeness (QED) is 0.585. The average Bonchev–Trinajstić information content (AvgIpc) is 2.56. The Labute approximate surface area is 160 Å². The van der Waals surface area contributed by atoms with Gasteiger partial charge in [-0.05, 0) is 43.2 Å². The van der Waals surface area contributed by atoms with Crippen molar-refractivity contribution in [3.63, 3.8) is 0 Å². The molecule has 0 spiro atoms. The Kier molecular flexibility index (Phi) is 6.41. The molecule has 2 aromatic rings. The van der Waals surface area contributed by atoms with Crippen LogP contribution in [0, 0.1) is 6.92 Å². The van der Waals surface area contributed by atoms with Gasteiger partial charge in [0.05, 0.1) is 11.5 Å². The summed E-state index contributed by atoms with van der Waals surface area (Å²) in [6.07, 6.45) is -0.0640. The molecule has 2 amide bonds. The molecule has 27 heavy (non-hydrogen) atoms. The van der Waals surface area contributed by atoms with Gasteiger partial charge in [-0.2, -0.15) is 0 Å². The lowest BCUT2D eigenvalue weighted by Crippen LogP contribution is -2.44. The first-order valence-electron chi connectivity index (χ1n) is 8.06. The van der Waals surface area contributed by atoms with Crippen molar-refractivity contribution in [3.8, 4) is 11.5 Å². The van der Waals surface area contributed by atoms with Crippen LogP contribution in [0.3, 0.4) is 0 Å². The first kappa shape index (κ1) is 20.3. The van der Waals surface area contributed by atoms with Crippen molar-refractivity contribution in [2.24, 2.45) is 0 Å². The standard InChI is InChI=1S/C19H19ClN2O5/c1-10-6-14(24)9-16(25)17(10)19(27)22-21-18(26)15(7-11(2)23)12-4-3-5-13(20)8-12/h3-6,8-9,15,24-25H,7H2,1-2H3,(H,21,26)(H,22,27). The number of hydrogen-bond donors (Lipinski definition) is 4. The van der Waals surface area contributed by atoms with Gasteiger partial charge in [0.1, 0.15) is 17.3 Å². The normalized spacial score (nSPS) is 11.5. The topological polar surface area (TPSA) is 116 Å². The van der Waals surface area contributed by atoms with Crippen LogP contribution in [0.25, 0.3) is 0 Å². The Hall–Kier alpha value is -3.06. The Morgan fingerprint density at radius 3 is 2.41 bits per heavy atom. The minimum absolute atomic E-state index is 0.0640. The number of Topliss-reactive ketones (excluding diaryl/α,β-unsaturated/α-hetero) is 1. The fourth-order valence-electron chi connectivity index (χ4n) is 2.69. The molecule has 0 bridgehead atoms. The summed E-state index contributed by atoms with van der Waals surface area (Å²) in [5.41, 5.74) is 5.26. The molecule has 0 fully saturated rings. The number of phenolic OH excluding ortho intramolecular Hbond substituents is 2. The number of hydrazine groups is 1. The third-order valence-corrected chi connectivity index (χ3v) is 4.12. The van der Waals surface area contributed by atoms with E-state index in [2.05, 4.69) is 10.9 Å². The number of ketones is 1. The second-order valence-electron chi connectivity index (χ2n) is 6.11. The molecule has 0 saturated carbocycles. The average molecular weight is 391 g/mol. The Morgan fingerprint density at radius 1 is 1.11 bits per heavy atom. The Morgan fingerprint density at radius 2 is 1.81 bits per heavy atom. The summed E-state index contributed by atoms with van der Waals surface area (Å²) in [6.45, 7) is 2.89. The second kappa shape index (κ2) is 8.55. The molecular weight excluding hydrogens is 372 g/mol. The van der Waals surface area contributed by atoms with E-state index in [0.29, 0.717) is 16.1 Å². The summed E-state index contributed by atoms with van der Waals surface area (Å²) in [7, 11) is 0. The largest absolute Gasteiger partial charge is 0.508 e.